The van der Waals surface area contributed by atoms with Crippen molar-refractivity contribution in [2.45, 2.75) is 43.7 Å². The van der Waals surface area contributed by atoms with E-state index in [1.54, 1.807) is 25.3 Å². The summed E-state index contributed by atoms with van der Waals surface area (Å²) >= 11 is 0. The number of pyridine rings is 3. The monoisotopic (exact) mass is 570 g/mol. The van der Waals surface area contributed by atoms with E-state index in [-0.39, 0.29) is 22.9 Å². The molecule has 0 spiro atoms. The maximum Gasteiger partial charge on any atom is 0.251 e. The number of carbonyl (C=O) groups is 1. The van der Waals surface area contributed by atoms with Crippen LogP contribution in [0, 0.1) is 12.8 Å². The number of hydrogen-bond acceptors (Lipinski definition) is 8. The summed E-state index contributed by atoms with van der Waals surface area (Å²) in [6.07, 6.45) is 6.78. The van der Waals surface area contributed by atoms with Crippen molar-refractivity contribution in [1.82, 2.24) is 25.6 Å². The van der Waals surface area contributed by atoms with Gasteiger partial charge in [0.2, 0.25) is 0 Å². The number of rotatable bonds is 7. The third-order valence-electron chi connectivity index (χ3n) is 8.18. The Balaban J connectivity index is 1.20. The fourth-order valence-corrected chi connectivity index (χ4v) is 6.69. The molecule has 2 aliphatic rings. The molecule has 0 bridgehead atoms. The number of anilines is 1. The number of aromatic nitrogens is 3. The van der Waals surface area contributed by atoms with E-state index < -0.39 is 9.84 Å². The van der Waals surface area contributed by atoms with Crippen LogP contribution in [0.25, 0.3) is 22.3 Å². The van der Waals surface area contributed by atoms with Gasteiger partial charge in [-0.15, -0.1) is 0 Å². The first-order valence-electron chi connectivity index (χ1n) is 14.1. The number of nitrogens with one attached hydrogen (secondary N) is 2. The van der Waals surface area contributed by atoms with Crippen LogP contribution in [-0.4, -0.2) is 61.2 Å². The van der Waals surface area contributed by atoms with Crippen LogP contribution in [0.15, 0.2) is 65.7 Å². The Hall–Kier alpha value is -3.89. The zero-order valence-corrected chi connectivity index (χ0v) is 24.1. The zero-order chi connectivity index (χ0) is 28.6. The van der Waals surface area contributed by atoms with Crippen molar-refractivity contribution in [2.75, 3.05) is 30.8 Å². The van der Waals surface area contributed by atoms with Gasteiger partial charge in [0.05, 0.1) is 34.0 Å². The molecular weight excluding hydrogens is 536 g/mol. The summed E-state index contributed by atoms with van der Waals surface area (Å²) in [5.41, 5.74) is 3.90. The normalized spacial score (nSPS) is 17.8. The molecule has 0 radical (unpaired) electrons. The standard InChI is InChI=1S/C31H34N6O3S/c1-20-9-10-22(15-29(20)41(2,39)40)31(38)34-18-24-16-27-23(17-33-24)11-12-26(35-27)25-7-4-8-30(36-25)37-14-13-32-19-28(37)21-5-3-6-21/h4,7-12,15-17,21,28,32H,3,5-6,13-14,18-19H2,1-2H3,(H,34,38). The van der Waals surface area contributed by atoms with Crippen LogP contribution in [0.1, 0.15) is 40.9 Å². The summed E-state index contributed by atoms with van der Waals surface area (Å²) in [6, 6.07) is 17.1. The lowest BCUT2D eigenvalue weighted by atomic mass is 9.78. The molecule has 3 aromatic heterocycles. The first-order chi connectivity index (χ1) is 19.8. The van der Waals surface area contributed by atoms with Crippen LogP contribution in [0.4, 0.5) is 5.82 Å². The van der Waals surface area contributed by atoms with Gasteiger partial charge in [0.25, 0.3) is 5.91 Å². The summed E-state index contributed by atoms with van der Waals surface area (Å²) in [4.78, 5) is 29.8. The first-order valence-corrected chi connectivity index (χ1v) is 15.9. The second kappa shape index (κ2) is 11.2. The highest BCUT2D eigenvalue weighted by molar-refractivity contribution is 7.90. The van der Waals surface area contributed by atoms with Crippen LogP contribution in [0.5, 0.6) is 0 Å². The Morgan fingerprint density at radius 3 is 2.68 bits per heavy atom. The molecule has 2 N–H and O–H groups in total. The highest BCUT2D eigenvalue weighted by Crippen LogP contribution is 2.35. The number of carbonyl (C=O) groups excluding carboxylic acids is 1. The molecular formula is C31H34N6O3S. The molecule has 1 aliphatic carbocycles. The molecule has 1 saturated heterocycles. The number of fused-ring (bicyclic) bond motifs is 1. The number of sulfone groups is 1. The molecule has 1 atom stereocenters. The molecule has 1 aliphatic heterocycles. The van der Waals surface area contributed by atoms with Gasteiger partial charge in [-0.3, -0.25) is 9.78 Å². The zero-order valence-electron chi connectivity index (χ0n) is 23.3. The van der Waals surface area contributed by atoms with E-state index in [1.807, 2.05) is 24.3 Å². The van der Waals surface area contributed by atoms with E-state index in [4.69, 9.17) is 9.97 Å². The van der Waals surface area contributed by atoms with E-state index in [2.05, 4.69) is 32.7 Å². The smallest absolute Gasteiger partial charge is 0.251 e. The molecule has 9 nitrogen and oxygen atoms in total. The van der Waals surface area contributed by atoms with Gasteiger partial charge in [-0.05, 0) is 73.7 Å². The quantitative estimate of drug-likeness (QED) is 0.344. The minimum Gasteiger partial charge on any atom is -0.351 e. The Morgan fingerprint density at radius 1 is 1.07 bits per heavy atom. The van der Waals surface area contributed by atoms with Crippen LogP contribution in [-0.2, 0) is 16.4 Å². The van der Waals surface area contributed by atoms with Gasteiger partial charge in [-0.1, -0.05) is 18.6 Å². The Labute approximate surface area is 240 Å². The number of nitrogens with zero attached hydrogens (tertiary/aromatic N) is 4. The van der Waals surface area contributed by atoms with E-state index >= 15 is 0 Å². The molecule has 1 saturated carbocycles. The number of benzene rings is 1. The van der Waals surface area contributed by atoms with Gasteiger partial charge in [0.1, 0.15) is 5.82 Å². The minimum absolute atomic E-state index is 0.152. The fraction of sp³-hybridized carbons (Fsp3) is 0.355. The van der Waals surface area contributed by atoms with Crippen LogP contribution < -0.4 is 15.5 Å². The lowest BCUT2D eigenvalue weighted by Gasteiger charge is -2.44. The highest BCUT2D eigenvalue weighted by Gasteiger charge is 2.34. The predicted octanol–water partition coefficient (Wildman–Crippen LogP) is 3.91. The van der Waals surface area contributed by atoms with Crippen LogP contribution in [0.3, 0.4) is 0 Å². The number of hydrogen-bond donors (Lipinski definition) is 2. The number of piperazine rings is 1. The molecule has 41 heavy (non-hydrogen) atoms. The molecule has 6 rings (SSSR count). The third kappa shape index (κ3) is 5.80. The molecule has 10 heteroatoms. The summed E-state index contributed by atoms with van der Waals surface area (Å²) < 4.78 is 24.1. The van der Waals surface area contributed by atoms with Gasteiger partial charge in [-0.25, -0.2) is 18.4 Å². The Morgan fingerprint density at radius 2 is 1.90 bits per heavy atom. The van der Waals surface area contributed by atoms with Crippen LogP contribution >= 0.6 is 0 Å². The molecule has 212 valence electrons. The van der Waals surface area contributed by atoms with E-state index in [1.165, 1.54) is 25.3 Å². The van der Waals surface area contributed by atoms with Gasteiger partial charge in [-0.2, -0.15) is 0 Å². The summed E-state index contributed by atoms with van der Waals surface area (Å²) in [6.45, 7) is 4.79. The van der Waals surface area contributed by atoms with Gasteiger partial charge >= 0.3 is 0 Å². The topological polar surface area (TPSA) is 117 Å². The first kappa shape index (κ1) is 27.3. The molecule has 2 fully saturated rings. The van der Waals surface area contributed by atoms with Gasteiger partial charge in [0.15, 0.2) is 9.84 Å². The van der Waals surface area contributed by atoms with Crippen molar-refractivity contribution in [3.8, 4) is 11.4 Å². The van der Waals surface area contributed by atoms with Crippen molar-refractivity contribution >= 4 is 32.5 Å². The maximum atomic E-state index is 12.8. The second-order valence-corrected chi connectivity index (χ2v) is 13.0. The predicted molar refractivity (Wildman–Crippen MR) is 160 cm³/mol. The number of amides is 1. The third-order valence-corrected chi connectivity index (χ3v) is 9.42. The molecule has 1 unspecified atom stereocenters. The summed E-state index contributed by atoms with van der Waals surface area (Å²) in [7, 11) is -3.43. The van der Waals surface area contributed by atoms with Crippen molar-refractivity contribution in [1.29, 1.82) is 0 Å². The second-order valence-electron chi connectivity index (χ2n) is 11.0. The minimum atomic E-state index is -3.43. The van der Waals surface area contributed by atoms with Crippen molar-refractivity contribution < 1.29 is 13.2 Å². The summed E-state index contributed by atoms with van der Waals surface area (Å²) in [5, 5.41) is 7.29. The maximum absolute atomic E-state index is 12.8. The van der Waals surface area contributed by atoms with Crippen LogP contribution in [0.2, 0.25) is 0 Å². The Kier molecular flexibility index (Phi) is 7.44. The summed E-state index contributed by atoms with van der Waals surface area (Å²) in [5.74, 6) is 1.36. The van der Waals surface area contributed by atoms with Crippen molar-refractivity contribution in [3.05, 3.63) is 77.6 Å². The SMILES string of the molecule is Cc1ccc(C(=O)NCc2cc3nc(-c4cccc(N5CCNCC5C5CCC5)n4)ccc3cn2)cc1S(C)(=O)=O. The fourth-order valence-electron chi connectivity index (χ4n) is 5.69. The highest BCUT2D eigenvalue weighted by atomic mass is 32.2. The molecule has 1 amide bonds. The molecule has 1 aromatic carbocycles. The van der Waals surface area contributed by atoms with E-state index in [0.29, 0.717) is 17.3 Å². The average Bonchev–Trinajstić information content (AvgIpc) is 2.94. The van der Waals surface area contributed by atoms with E-state index in [0.717, 1.165) is 59.9 Å². The van der Waals surface area contributed by atoms with Gasteiger partial charge < -0.3 is 15.5 Å². The van der Waals surface area contributed by atoms with Crippen molar-refractivity contribution in [3.63, 3.8) is 0 Å². The largest absolute Gasteiger partial charge is 0.351 e. The molecule has 4 heterocycles. The lowest BCUT2D eigenvalue weighted by molar-refractivity contribution is 0.0950. The number of aryl methyl sites for hydroxylation is 1. The van der Waals surface area contributed by atoms with Crippen molar-refractivity contribution in [2.24, 2.45) is 5.92 Å². The lowest BCUT2D eigenvalue weighted by Crippen LogP contribution is -2.56. The molecule has 4 aromatic rings. The Bertz CT molecular complexity index is 1720. The van der Waals surface area contributed by atoms with E-state index in [9.17, 15) is 13.2 Å². The average molecular weight is 571 g/mol. The van der Waals surface area contributed by atoms with Gasteiger partial charge in [0, 0.05) is 49.1 Å².